The van der Waals surface area contributed by atoms with Gasteiger partial charge in [0.25, 0.3) is 5.56 Å². The highest BCUT2D eigenvalue weighted by atomic mass is 32.2. The highest BCUT2D eigenvalue weighted by molar-refractivity contribution is 7.99. The molecule has 2 aromatic heterocycles. The van der Waals surface area contributed by atoms with Crippen LogP contribution in [0.4, 0.5) is 0 Å². The predicted molar refractivity (Wildman–Crippen MR) is 75.8 cm³/mol. The number of aromatic nitrogens is 4. The van der Waals surface area contributed by atoms with Crippen LogP contribution in [0.3, 0.4) is 0 Å². The summed E-state index contributed by atoms with van der Waals surface area (Å²) >= 11 is 1.50. The van der Waals surface area contributed by atoms with Gasteiger partial charge in [-0.25, -0.2) is 4.98 Å². The van der Waals surface area contributed by atoms with Gasteiger partial charge in [-0.15, -0.1) is 0 Å². The zero-order valence-corrected chi connectivity index (χ0v) is 11.9. The van der Waals surface area contributed by atoms with Gasteiger partial charge in [-0.05, 0) is 6.42 Å². The predicted octanol–water partition coefficient (Wildman–Crippen LogP) is 0.683. The average Bonchev–Trinajstić information content (AvgIpc) is 3.04. The summed E-state index contributed by atoms with van der Waals surface area (Å²) in [6.07, 6.45) is 2.69. The van der Waals surface area contributed by atoms with E-state index in [0.717, 1.165) is 6.42 Å². The van der Waals surface area contributed by atoms with Crippen LogP contribution in [0.1, 0.15) is 25.8 Å². The molecule has 8 heteroatoms. The molecule has 0 saturated carbocycles. The van der Waals surface area contributed by atoms with Gasteiger partial charge in [0.15, 0.2) is 10.8 Å². The minimum Gasteiger partial charge on any atom is -0.356 e. The smallest absolute Gasteiger partial charge is 0.265 e. The maximum Gasteiger partial charge on any atom is 0.265 e. The Hall–Kier alpha value is -1.83. The second kappa shape index (κ2) is 5.28. The molecule has 3 rings (SSSR count). The SMILES string of the molecule is CCCNC(=O)CC1CSc2nc3[nH]ncc3c(=O)n21. The number of rotatable bonds is 4. The summed E-state index contributed by atoms with van der Waals surface area (Å²) in [5.74, 6) is 0.673. The van der Waals surface area contributed by atoms with E-state index in [4.69, 9.17) is 0 Å². The van der Waals surface area contributed by atoms with Gasteiger partial charge in [0.2, 0.25) is 5.91 Å². The number of carbonyl (C=O) groups is 1. The van der Waals surface area contributed by atoms with Crippen LogP contribution in [0.15, 0.2) is 16.1 Å². The van der Waals surface area contributed by atoms with Crippen molar-refractivity contribution in [2.24, 2.45) is 0 Å². The topological polar surface area (TPSA) is 92.7 Å². The quantitative estimate of drug-likeness (QED) is 0.809. The lowest BCUT2D eigenvalue weighted by Crippen LogP contribution is -2.31. The van der Waals surface area contributed by atoms with Crippen molar-refractivity contribution < 1.29 is 4.79 Å². The first-order valence-corrected chi connectivity index (χ1v) is 7.54. The standard InChI is InChI=1S/C12H15N5O2S/c1-2-3-13-9(18)4-7-6-20-12-15-10-8(5-14-16-10)11(19)17(7)12/h5,7H,2-4,6H2,1H3,(H,13,18)(H,14,16). The van der Waals surface area contributed by atoms with E-state index in [1.54, 1.807) is 4.57 Å². The zero-order valence-electron chi connectivity index (χ0n) is 11.0. The Morgan fingerprint density at radius 3 is 3.30 bits per heavy atom. The number of amides is 1. The molecule has 7 nitrogen and oxygen atoms in total. The van der Waals surface area contributed by atoms with Gasteiger partial charge >= 0.3 is 0 Å². The van der Waals surface area contributed by atoms with Gasteiger partial charge in [0.1, 0.15) is 5.39 Å². The van der Waals surface area contributed by atoms with Gasteiger partial charge in [0.05, 0.1) is 12.2 Å². The molecule has 1 aliphatic rings. The third-order valence-electron chi connectivity index (χ3n) is 3.25. The van der Waals surface area contributed by atoms with Gasteiger partial charge in [0, 0.05) is 18.7 Å². The molecule has 0 aliphatic carbocycles. The van der Waals surface area contributed by atoms with Crippen LogP contribution in [0, 0.1) is 0 Å². The Balaban J connectivity index is 1.89. The largest absolute Gasteiger partial charge is 0.356 e. The van der Waals surface area contributed by atoms with Crippen LogP contribution in [0.25, 0.3) is 11.0 Å². The number of nitrogens with one attached hydrogen (secondary N) is 2. The van der Waals surface area contributed by atoms with Crippen LogP contribution in [-0.2, 0) is 4.79 Å². The van der Waals surface area contributed by atoms with E-state index >= 15 is 0 Å². The highest BCUT2D eigenvalue weighted by Gasteiger charge is 2.28. The number of nitrogens with zero attached hydrogens (tertiary/aromatic N) is 3. The summed E-state index contributed by atoms with van der Waals surface area (Å²) in [4.78, 5) is 28.6. The minimum atomic E-state index is -0.133. The summed E-state index contributed by atoms with van der Waals surface area (Å²) in [5, 5.41) is 10.5. The van der Waals surface area contributed by atoms with E-state index in [-0.39, 0.29) is 17.5 Å². The van der Waals surface area contributed by atoms with Gasteiger partial charge in [-0.3, -0.25) is 19.3 Å². The Labute approximate surface area is 119 Å². The summed E-state index contributed by atoms with van der Waals surface area (Å²) in [6, 6.07) is -0.133. The molecular weight excluding hydrogens is 278 g/mol. The third-order valence-corrected chi connectivity index (χ3v) is 4.34. The molecule has 106 valence electrons. The molecule has 20 heavy (non-hydrogen) atoms. The molecule has 1 aliphatic heterocycles. The second-order valence-corrected chi connectivity index (χ2v) is 5.71. The zero-order chi connectivity index (χ0) is 14.1. The number of hydrogen-bond acceptors (Lipinski definition) is 5. The molecule has 0 saturated heterocycles. The van der Waals surface area contributed by atoms with E-state index in [1.807, 2.05) is 6.92 Å². The molecular formula is C12H15N5O2S. The number of carbonyl (C=O) groups excluding carboxylic acids is 1. The highest BCUT2D eigenvalue weighted by Crippen LogP contribution is 2.32. The normalized spacial score (nSPS) is 17.4. The van der Waals surface area contributed by atoms with Gasteiger partial charge in [-0.1, -0.05) is 18.7 Å². The maximum absolute atomic E-state index is 12.4. The molecule has 0 radical (unpaired) electrons. The van der Waals surface area contributed by atoms with Crippen molar-refractivity contribution in [2.45, 2.75) is 31.0 Å². The first-order chi connectivity index (χ1) is 9.70. The number of aromatic amines is 1. The molecule has 1 atom stereocenters. The van der Waals surface area contributed by atoms with Crippen molar-refractivity contribution in [2.75, 3.05) is 12.3 Å². The Bertz CT molecular complexity index is 707. The average molecular weight is 293 g/mol. The molecule has 0 aromatic carbocycles. The summed E-state index contributed by atoms with van der Waals surface area (Å²) in [5.41, 5.74) is 0.377. The van der Waals surface area contributed by atoms with Crippen molar-refractivity contribution in [1.82, 2.24) is 25.1 Å². The lowest BCUT2D eigenvalue weighted by molar-refractivity contribution is -0.121. The van der Waals surface area contributed by atoms with Crippen LogP contribution in [0.5, 0.6) is 0 Å². The first kappa shape index (κ1) is 13.2. The molecule has 2 N–H and O–H groups in total. The van der Waals surface area contributed by atoms with E-state index in [0.29, 0.717) is 34.9 Å². The number of hydrogen-bond donors (Lipinski definition) is 2. The van der Waals surface area contributed by atoms with Crippen molar-refractivity contribution in [3.8, 4) is 0 Å². The monoisotopic (exact) mass is 293 g/mol. The molecule has 2 aromatic rings. The second-order valence-electron chi connectivity index (χ2n) is 4.72. The van der Waals surface area contributed by atoms with Crippen molar-refractivity contribution in [3.05, 3.63) is 16.6 Å². The van der Waals surface area contributed by atoms with Gasteiger partial charge in [-0.2, -0.15) is 5.10 Å². The lowest BCUT2D eigenvalue weighted by atomic mass is 10.2. The Morgan fingerprint density at radius 2 is 2.50 bits per heavy atom. The van der Waals surface area contributed by atoms with E-state index in [2.05, 4.69) is 20.5 Å². The molecule has 0 fully saturated rings. The van der Waals surface area contributed by atoms with Crippen LogP contribution < -0.4 is 10.9 Å². The van der Waals surface area contributed by atoms with Crippen LogP contribution in [-0.4, -0.2) is 38.0 Å². The van der Waals surface area contributed by atoms with E-state index in [1.165, 1.54) is 18.0 Å². The molecule has 1 amide bonds. The van der Waals surface area contributed by atoms with E-state index in [9.17, 15) is 9.59 Å². The summed E-state index contributed by atoms with van der Waals surface area (Å²) < 4.78 is 1.62. The van der Waals surface area contributed by atoms with Crippen LogP contribution >= 0.6 is 11.8 Å². The van der Waals surface area contributed by atoms with Crippen LogP contribution in [0.2, 0.25) is 0 Å². The fourth-order valence-electron chi connectivity index (χ4n) is 2.26. The number of H-pyrrole nitrogens is 1. The fraction of sp³-hybridized carbons (Fsp3) is 0.500. The van der Waals surface area contributed by atoms with Crippen molar-refractivity contribution >= 4 is 28.7 Å². The first-order valence-electron chi connectivity index (χ1n) is 6.55. The fourth-order valence-corrected chi connectivity index (χ4v) is 3.39. The molecule has 0 spiro atoms. The summed E-state index contributed by atoms with van der Waals surface area (Å²) in [6.45, 7) is 2.67. The molecule has 0 bridgehead atoms. The number of thioether (sulfide) groups is 1. The van der Waals surface area contributed by atoms with Gasteiger partial charge < -0.3 is 5.32 Å². The molecule has 3 heterocycles. The Kier molecular flexibility index (Phi) is 3.47. The van der Waals surface area contributed by atoms with Crippen molar-refractivity contribution in [3.63, 3.8) is 0 Å². The van der Waals surface area contributed by atoms with Crippen molar-refractivity contribution in [1.29, 1.82) is 0 Å². The maximum atomic E-state index is 12.4. The molecule has 1 unspecified atom stereocenters. The third kappa shape index (κ3) is 2.20. The lowest BCUT2D eigenvalue weighted by Gasteiger charge is -2.12. The Morgan fingerprint density at radius 1 is 1.65 bits per heavy atom. The number of fused-ring (bicyclic) bond motifs is 2. The minimum absolute atomic E-state index is 0.0236. The van der Waals surface area contributed by atoms with E-state index < -0.39 is 0 Å². The summed E-state index contributed by atoms with van der Waals surface area (Å²) in [7, 11) is 0.